The van der Waals surface area contributed by atoms with E-state index in [9.17, 15) is 24.1 Å². The van der Waals surface area contributed by atoms with Crippen LogP contribution in [0.2, 0.25) is 0 Å². The van der Waals surface area contributed by atoms with Gasteiger partial charge >= 0.3 is 19.6 Å². The topological polar surface area (TPSA) is 183 Å². The molecule has 4 rings (SSSR count). The summed E-state index contributed by atoms with van der Waals surface area (Å²) in [5, 5.41) is 12.4. The summed E-state index contributed by atoms with van der Waals surface area (Å²) in [6, 6.07) is 14.2. The summed E-state index contributed by atoms with van der Waals surface area (Å²) in [6.45, 7) is 6.11. The number of phosphoric ester groups is 1. The van der Waals surface area contributed by atoms with E-state index in [4.69, 9.17) is 32.5 Å². The molecule has 2 aromatic carbocycles. The van der Waals surface area contributed by atoms with Crippen molar-refractivity contribution in [1.29, 1.82) is 0 Å². The van der Waals surface area contributed by atoms with Crippen LogP contribution < -0.4 is 20.5 Å². The van der Waals surface area contributed by atoms with Crippen molar-refractivity contribution in [1.82, 2.24) is 9.55 Å². The Morgan fingerprint density at radius 3 is 2.40 bits per heavy atom. The summed E-state index contributed by atoms with van der Waals surface area (Å²) in [7, 11) is -1.81. The number of carbonyl (C=O) groups excluding carboxylic acids is 2. The molecule has 256 valence electrons. The molecule has 0 aliphatic carbocycles. The van der Waals surface area contributed by atoms with Crippen LogP contribution in [0.25, 0.3) is 0 Å². The predicted molar refractivity (Wildman–Crippen MR) is 172 cm³/mol. The summed E-state index contributed by atoms with van der Waals surface area (Å²) in [5.74, 6) is 0.0236. The molecule has 0 radical (unpaired) electrons. The van der Waals surface area contributed by atoms with E-state index in [1.54, 1.807) is 36.4 Å². The lowest BCUT2D eigenvalue weighted by Gasteiger charge is -2.27. The number of benzene rings is 2. The normalized spacial score (nSPS) is 19.0. The maximum absolute atomic E-state index is 14.3. The van der Waals surface area contributed by atoms with Crippen molar-refractivity contribution < 1.29 is 51.8 Å². The third-order valence-electron chi connectivity index (χ3n) is 6.89. The Bertz CT molecular complexity index is 1680. The molecule has 48 heavy (non-hydrogen) atoms. The summed E-state index contributed by atoms with van der Waals surface area (Å²) < 4.78 is 54.3. The number of rotatable bonds is 17. The highest BCUT2D eigenvalue weighted by Crippen LogP contribution is 2.56. The van der Waals surface area contributed by atoms with Crippen LogP contribution in [0.15, 0.2) is 90.9 Å². The number of nitrogens with zero attached hydrogens (tertiary/aromatic N) is 2. The zero-order valence-electron chi connectivity index (χ0n) is 26.3. The molecule has 2 unspecified atom stereocenters. The van der Waals surface area contributed by atoms with Gasteiger partial charge in [0.05, 0.1) is 27.4 Å². The lowest BCUT2D eigenvalue weighted by atomic mass is 9.99. The number of hydrogen-bond acceptors (Lipinski definition) is 13. The molecule has 1 amide bonds. The van der Waals surface area contributed by atoms with Gasteiger partial charge in [-0.2, -0.15) is 4.98 Å². The second-order valence-electron chi connectivity index (χ2n) is 10.1. The van der Waals surface area contributed by atoms with Crippen LogP contribution in [0, 0.1) is 0 Å². The SMILES string of the molecule is C=CCOC(=O)Nc1ccn([C@H]2C[C@H](OP(=O)(OCC=C)OC(C(=O)c3ccccc3)c3cc(OC)cc(OC)c3)[C@@H](CO)O2)c(=O)n1. The number of nitrogens with one attached hydrogen (secondary N) is 1. The van der Waals surface area contributed by atoms with Crippen molar-refractivity contribution in [2.75, 3.05) is 39.4 Å². The second kappa shape index (κ2) is 17.0. The number of methoxy groups -OCH3 is 2. The fourth-order valence-corrected chi connectivity index (χ4v) is 6.13. The van der Waals surface area contributed by atoms with Gasteiger partial charge in [-0.05, 0) is 23.8 Å². The van der Waals surface area contributed by atoms with E-state index in [2.05, 4.69) is 23.5 Å². The van der Waals surface area contributed by atoms with Gasteiger partial charge in [-0.15, -0.1) is 6.58 Å². The number of aliphatic hydroxyl groups is 1. The molecule has 0 saturated carbocycles. The Labute approximate surface area is 276 Å². The number of ether oxygens (including phenoxy) is 4. The molecular formula is C32H36N3O12P. The number of ketones is 1. The number of anilines is 1. The van der Waals surface area contributed by atoms with E-state index in [1.165, 1.54) is 50.8 Å². The van der Waals surface area contributed by atoms with Gasteiger partial charge in [-0.3, -0.25) is 28.2 Å². The highest BCUT2D eigenvalue weighted by Gasteiger charge is 2.45. The Kier molecular flexibility index (Phi) is 12.8. The molecule has 16 heteroatoms. The number of aliphatic hydroxyl groups excluding tert-OH is 1. The summed E-state index contributed by atoms with van der Waals surface area (Å²) in [4.78, 5) is 42.4. The fourth-order valence-electron chi connectivity index (χ4n) is 4.64. The van der Waals surface area contributed by atoms with E-state index in [0.29, 0.717) is 11.5 Å². The van der Waals surface area contributed by atoms with Crippen LogP contribution in [0.5, 0.6) is 11.5 Å². The first-order chi connectivity index (χ1) is 23.1. The molecule has 0 bridgehead atoms. The van der Waals surface area contributed by atoms with Gasteiger partial charge in [0.1, 0.15) is 42.4 Å². The number of Topliss-reactive ketones (excluding diaryl/α,β-unsaturated/α-hetero) is 1. The molecule has 1 fully saturated rings. The molecule has 0 spiro atoms. The number of phosphoric acid groups is 1. The summed E-state index contributed by atoms with van der Waals surface area (Å²) >= 11 is 0. The predicted octanol–water partition coefficient (Wildman–Crippen LogP) is 4.61. The molecule has 15 nitrogen and oxygen atoms in total. The third kappa shape index (κ3) is 9.25. The minimum absolute atomic E-state index is 0.0400. The molecule has 1 aliphatic heterocycles. The lowest BCUT2D eigenvalue weighted by molar-refractivity contribution is -0.0484. The van der Waals surface area contributed by atoms with Gasteiger partial charge in [0.25, 0.3) is 0 Å². The van der Waals surface area contributed by atoms with Gasteiger partial charge in [-0.25, -0.2) is 14.2 Å². The molecule has 5 atom stereocenters. The lowest BCUT2D eigenvalue weighted by Crippen LogP contribution is -2.29. The molecular weight excluding hydrogens is 649 g/mol. The summed E-state index contributed by atoms with van der Waals surface area (Å²) in [6.07, 6.45) is -1.77. The minimum Gasteiger partial charge on any atom is -0.497 e. The number of hydrogen-bond donors (Lipinski definition) is 2. The third-order valence-corrected chi connectivity index (χ3v) is 8.35. The zero-order chi connectivity index (χ0) is 34.7. The van der Waals surface area contributed by atoms with Crippen molar-refractivity contribution in [2.45, 2.75) is 31.0 Å². The Hall–Kier alpha value is -4.63. The van der Waals surface area contributed by atoms with Crippen LogP contribution in [0.1, 0.15) is 34.7 Å². The molecule has 2 N–H and O–H groups in total. The van der Waals surface area contributed by atoms with E-state index in [-0.39, 0.29) is 36.6 Å². The van der Waals surface area contributed by atoms with E-state index in [1.807, 2.05) is 0 Å². The average molecular weight is 686 g/mol. The molecule has 1 aliphatic rings. The van der Waals surface area contributed by atoms with Crippen molar-refractivity contribution in [3.8, 4) is 11.5 Å². The highest BCUT2D eigenvalue weighted by atomic mass is 31.2. The molecule has 3 aromatic rings. The Balaban J connectivity index is 1.63. The van der Waals surface area contributed by atoms with Crippen LogP contribution in [-0.2, 0) is 27.6 Å². The fraction of sp³-hybridized carbons (Fsp3) is 0.312. The monoisotopic (exact) mass is 685 g/mol. The average Bonchev–Trinajstić information content (AvgIpc) is 3.50. The van der Waals surface area contributed by atoms with Crippen molar-refractivity contribution >= 4 is 25.5 Å². The standard InChI is InChI=1S/C32H36N3O12P/c1-5-14-43-32(39)34-27-12-13-35(31(38)33-27)28-19-25(26(20-36)45-28)46-48(40,44-15-6-2)47-30(29(37)21-10-8-7-9-11-21)22-16-23(41-3)18-24(17-22)42-4/h5-13,16-18,25-26,28,30,36H,1-2,14-15,19-20H2,3-4H3,(H,33,34,38,39)/t25-,26+,28+,30?,48?/m0/s1. The highest BCUT2D eigenvalue weighted by molar-refractivity contribution is 7.48. The second-order valence-corrected chi connectivity index (χ2v) is 11.7. The maximum atomic E-state index is 14.3. The quantitative estimate of drug-likeness (QED) is 0.114. The maximum Gasteiger partial charge on any atom is 0.476 e. The smallest absolute Gasteiger partial charge is 0.476 e. The van der Waals surface area contributed by atoms with Crippen molar-refractivity contribution in [2.24, 2.45) is 0 Å². The summed E-state index contributed by atoms with van der Waals surface area (Å²) in [5.41, 5.74) is -0.331. The number of amides is 1. The van der Waals surface area contributed by atoms with Gasteiger partial charge in [0.2, 0.25) is 0 Å². The van der Waals surface area contributed by atoms with Crippen LogP contribution in [-0.4, -0.2) is 72.8 Å². The largest absolute Gasteiger partial charge is 0.497 e. The first-order valence-electron chi connectivity index (χ1n) is 14.6. The van der Waals surface area contributed by atoms with Crippen molar-refractivity contribution in [3.05, 3.63) is 108 Å². The zero-order valence-corrected chi connectivity index (χ0v) is 27.2. The van der Waals surface area contributed by atoms with E-state index < -0.39 is 56.5 Å². The molecule has 1 saturated heterocycles. The van der Waals surface area contributed by atoms with E-state index in [0.717, 1.165) is 4.57 Å². The first kappa shape index (κ1) is 36.2. The van der Waals surface area contributed by atoms with Crippen LogP contribution in [0.3, 0.4) is 0 Å². The molecule has 1 aromatic heterocycles. The van der Waals surface area contributed by atoms with Gasteiger partial charge in [-0.1, -0.05) is 49.1 Å². The minimum atomic E-state index is -4.68. The van der Waals surface area contributed by atoms with Crippen molar-refractivity contribution in [3.63, 3.8) is 0 Å². The number of aromatic nitrogens is 2. The van der Waals surface area contributed by atoms with E-state index >= 15 is 0 Å². The Morgan fingerprint density at radius 1 is 1.10 bits per heavy atom. The molecule has 2 heterocycles. The Morgan fingerprint density at radius 2 is 1.79 bits per heavy atom. The van der Waals surface area contributed by atoms with Crippen LogP contribution in [0.4, 0.5) is 10.6 Å². The van der Waals surface area contributed by atoms with Gasteiger partial charge in [0, 0.05) is 24.2 Å². The van der Waals surface area contributed by atoms with Gasteiger partial charge in [0.15, 0.2) is 11.9 Å². The number of carbonyl (C=O) groups is 2. The van der Waals surface area contributed by atoms with Crippen LogP contribution >= 0.6 is 7.82 Å². The first-order valence-corrected chi connectivity index (χ1v) is 16.0. The van der Waals surface area contributed by atoms with Gasteiger partial charge < -0.3 is 24.1 Å².